The van der Waals surface area contributed by atoms with Gasteiger partial charge in [-0.2, -0.15) is 0 Å². The molecule has 0 aromatic rings. The number of hydrogen-bond donors (Lipinski definition) is 6. The maximum absolute atomic E-state index is 10.2. The van der Waals surface area contributed by atoms with E-state index >= 15 is 0 Å². The summed E-state index contributed by atoms with van der Waals surface area (Å²) >= 11 is 0. The van der Waals surface area contributed by atoms with Gasteiger partial charge in [-0.25, -0.2) is 0 Å². The van der Waals surface area contributed by atoms with Gasteiger partial charge < -0.3 is 32.5 Å². The summed E-state index contributed by atoms with van der Waals surface area (Å²) in [5.41, 5.74) is 15.3. The SMILES string of the molecule is NC(N)=NCCCC(N)C(=O)O.O=C(O)CCC(=O)O. The summed E-state index contributed by atoms with van der Waals surface area (Å²) in [5, 5.41) is 24.2. The molecule has 10 heteroatoms. The van der Waals surface area contributed by atoms with Gasteiger partial charge >= 0.3 is 17.9 Å². The van der Waals surface area contributed by atoms with E-state index < -0.39 is 23.9 Å². The van der Waals surface area contributed by atoms with Crippen LogP contribution in [-0.2, 0) is 14.4 Å². The largest absolute Gasteiger partial charge is 0.481 e. The molecule has 0 spiro atoms. The lowest BCUT2D eigenvalue weighted by Crippen LogP contribution is -2.30. The number of rotatable bonds is 8. The third-order valence-electron chi connectivity index (χ3n) is 1.84. The molecule has 0 saturated heterocycles. The summed E-state index contributed by atoms with van der Waals surface area (Å²) in [6.45, 7) is 0.420. The minimum absolute atomic E-state index is 0.0129. The van der Waals surface area contributed by atoms with Crippen molar-refractivity contribution in [3.8, 4) is 0 Å². The Bertz CT molecular complexity index is 340. The second kappa shape index (κ2) is 11.7. The molecule has 0 aliphatic carbocycles. The molecule has 20 heavy (non-hydrogen) atoms. The van der Waals surface area contributed by atoms with Crippen molar-refractivity contribution in [2.24, 2.45) is 22.2 Å². The monoisotopic (exact) mass is 292 g/mol. The molecule has 0 aliphatic rings. The second-order valence-electron chi connectivity index (χ2n) is 3.68. The summed E-state index contributed by atoms with van der Waals surface area (Å²) in [5.74, 6) is -3.14. The fourth-order valence-corrected chi connectivity index (χ4v) is 0.857. The van der Waals surface area contributed by atoms with Crippen LogP contribution in [0.25, 0.3) is 0 Å². The average molecular weight is 292 g/mol. The van der Waals surface area contributed by atoms with E-state index in [2.05, 4.69) is 4.99 Å². The smallest absolute Gasteiger partial charge is 0.320 e. The fourth-order valence-electron chi connectivity index (χ4n) is 0.857. The van der Waals surface area contributed by atoms with Crippen LogP contribution in [0.15, 0.2) is 4.99 Å². The van der Waals surface area contributed by atoms with Crippen LogP contribution in [0.2, 0.25) is 0 Å². The van der Waals surface area contributed by atoms with Crippen molar-refractivity contribution in [1.29, 1.82) is 0 Å². The fraction of sp³-hybridized carbons (Fsp3) is 0.600. The van der Waals surface area contributed by atoms with E-state index in [1.165, 1.54) is 0 Å². The molecule has 116 valence electrons. The van der Waals surface area contributed by atoms with Gasteiger partial charge in [-0.1, -0.05) is 0 Å². The normalized spacial score (nSPS) is 10.7. The van der Waals surface area contributed by atoms with Gasteiger partial charge in [0.25, 0.3) is 0 Å². The maximum Gasteiger partial charge on any atom is 0.320 e. The zero-order valence-corrected chi connectivity index (χ0v) is 10.9. The van der Waals surface area contributed by atoms with E-state index in [0.717, 1.165) is 0 Å². The Morgan fingerprint density at radius 1 is 1.00 bits per heavy atom. The molecule has 1 atom stereocenters. The summed E-state index contributed by atoms with van der Waals surface area (Å²) in [6, 6.07) is -0.820. The van der Waals surface area contributed by atoms with Crippen LogP contribution < -0.4 is 17.2 Å². The van der Waals surface area contributed by atoms with Crippen LogP contribution in [0.3, 0.4) is 0 Å². The predicted molar refractivity (Wildman–Crippen MR) is 70.0 cm³/mol. The number of nitrogens with two attached hydrogens (primary N) is 3. The van der Waals surface area contributed by atoms with Crippen LogP contribution in [0.4, 0.5) is 0 Å². The highest BCUT2D eigenvalue weighted by Gasteiger charge is 2.09. The van der Waals surface area contributed by atoms with Gasteiger partial charge in [-0.15, -0.1) is 0 Å². The summed E-state index contributed by atoms with van der Waals surface area (Å²) in [4.78, 5) is 33.2. The minimum Gasteiger partial charge on any atom is -0.481 e. The number of nitrogens with zero attached hydrogens (tertiary/aromatic N) is 1. The van der Waals surface area contributed by atoms with Gasteiger partial charge in [0.05, 0.1) is 12.8 Å². The van der Waals surface area contributed by atoms with Gasteiger partial charge in [-0.05, 0) is 12.8 Å². The second-order valence-corrected chi connectivity index (χ2v) is 3.68. The maximum atomic E-state index is 10.2. The van der Waals surface area contributed by atoms with Crippen molar-refractivity contribution in [3.63, 3.8) is 0 Å². The van der Waals surface area contributed by atoms with Crippen LogP contribution >= 0.6 is 0 Å². The number of aliphatic carboxylic acids is 3. The van der Waals surface area contributed by atoms with Crippen molar-refractivity contribution < 1.29 is 29.7 Å². The number of carbonyl (C=O) groups is 3. The molecule has 0 aromatic carbocycles. The Balaban J connectivity index is 0. The van der Waals surface area contributed by atoms with Gasteiger partial charge in [0.2, 0.25) is 0 Å². The highest BCUT2D eigenvalue weighted by molar-refractivity contribution is 5.76. The van der Waals surface area contributed by atoms with E-state index in [0.29, 0.717) is 19.4 Å². The van der Waals surface area contributed by atoms with Crippen LogP contribution in [0.5, 0.6) is 0 Å². The van der Waals surface area contributed by atoms with E-state index in [1.807, 2.05) is 0 Å². The van der Waals surface area contributed by atoms with E-state index in [1.54, 1.807) is 0 Å². The number of hydrogen-bond acceptors (Lipinski definition) is 5. The lowest BCUT2D eigenvalue weighted by atomic mass is 10.2. The van der Waals surface area contributed by atoms with Gasteiger partial charge in [0, 0.05) is 6.54 Å². The third kappa shape index (κ3) is 18.0. The molecule has 0 aromatic heterocycles. The first-order valence-corrected chi connectivity index (χ1v) is 5.64. The zero-order valence-electron chi connectivity index (χ0n) is 10.9. The van der Waals surface area contributed by atoms with Crippen LogP contribution in [-0.4, -0.2) is 51.8 Å². The Morgan fingerprint density at radius 3 is 1.75 bits per heavy atom. The molecule has 0 heterocycles. The molecular formula is C10H20N4O6. The van der Waals surface area contributed by atoms with E-state index in [-0.39, 0.29) is 18.8 Å². The van der Waals surface area contributed by atoms with E-state index in [4.69, 9.17) is 32.5 Å². The van der Waals surface area contributed by atoms with Gasteiger partial charge in [0.1, 0.15) is 6.04 Å². The summed E-state index contributed by atoms with van der Waals surface area (Å²) in [7, 11) is 0. The highest BCUT2D eigenvalue weighted by atomic mass is 16.4. The number of carboxylic acid groups (broad SMARTS) is 3. The first-order valence-electron chi connectivity index (χ1n) is 5.64. The molecule has 0 fully saturated rings. The first kappa shape index (κ1) is 20.0. The topological polar surface area (TPSA) is 202 Å². The summed E-state index contributed by atoms with van der Waals surface area (Å²) < 4.78 is 0. The summed E-state index contributed by atoms with van der Waals surface area (Å²) in [6.07, 6.45) is 0.363. The number of carboxylic acids is 3. The lowest BCUT2D eigenvalue weighted by Gasteiger charge is -2.03. The Morgan fingerprint density at radius 2 is 1.45 bits per heavy atom. The molecule has 1 unspecified atom stereocenters. The van der Waals surface area contributed by atoms with E-state index in [9.17, 15) is 14.4 Å². The molecule has 0 saturated carbocycles. The van der Waals surface area contributed by atoms with Crippen molar-refractivity contribution in [2.75, 3.05) is 6.54 Å². The average Bonchev–Trinajstić information content (AvgIpc) is 2.32. The van der Waals surface area contributed by atoms with Crippen molar-refractivity contribution in [3.05, 3.63) is 0 Å². The van der Waals surface area contributed by atoms with Crippen molar-refractivity contribution in [2.45, 2.75) is 31.7 Å². The predicted octanol–water partition coefficient (Wildman–Crippen LogP) is -1.61. The van der Waals surface area contributed by atoms with Gasteiger partial charge in [-0.3, -0.25) is 19.4 Å². The number of aliphatic imine (C=N–C) groups is 1. The Labute approximate surface area is 115 Å². The highest BCUT2D eigenvalue weighted by Crippen LogP contribution is 1.94. The first-order chi connectivity index (χ1) is 9.16. The van der Waals surface area contributed by atoms with Crippen molar-refractivity contribution >= 4 is 23.9 Å². The molecule has 0 aliphatic heterocycles. The Hall–Kier alpha value is -2.36. The standard InChI is InChI=1S/C6H14N4O2.C4H6O4/c7-4(5(11)12)2-1-3-10-6(8)9;5-3(6)1-2-4(7)8/h4H,1-3,7H2,(H,11,12)(H4,8,9,10);1-2H2,(H,5,6)(H,7,8). The molecule has 0 amide bonds. The Kier molecular flexibility index (Phi) is 11.7. The van der Waals surface area contributed by atoms with Gasteiger partial charge in [0.15, 0.2) is 5.96 Å². The molecule has 0 rings (SSSR count). The molecule has 9 N–H and O–H groups in total. The lowest BCUT2D eigenvalue weighted by molar-refractivity contribution is -0.143. The minimum atomic E-state index is -1.08. The number of guanidine groups is 1. The zero-order chi connectivity index (χ0) is 16.1. The van der Waals surface area contributed by atoms with Crippen molar-refractivity contribution in [1.82, 2.24) is 0 Å². The molecular weight excluding hydrogens is 272 g/mol. The molecule has 0 bridgehead atoms. The third-order valence-corrected chi connectivity index (χ3v) is 1.84. The molecule has 10 nitrogen and oxygen atoms in total. The van der Waals surface area contributed by atoms with Crippen LogP contribution in [0.1, 0.15) is 25.7 Å². The molecule has 0 radical (unpaired) electrons. The van der Waals surface area contributed by atoms with Crippen LogP contribution in [0, 0.1) is 0 Å². The quantitative estimate of drug-likeness (QED) is 0.173.